The quantitative estimate of drug-likeness (QED) is 0.240. The Morgan fingerprint density at radius 1 is 1.12 bits per heavy atom. The van der Waals surface area contributed by atoms with Crippen molar-refractivity contribution in [2.45, 2.75) is 44.3 Å². The van der Waals surface area contributed by atoms with Gasteiger partial charge in [-0.15, -0.1) is 24.0 Å². The molecule has 1 unspecified atom stereocenters. The topological polar surface area (TPSA) is 42.9 Å². The normalized spacial score (nSPS) is 25.6. The predicted octanol–water partition coefficient (Wildman–Crippen LogP) is 2.47. The lowest BCUT2D eigenvalue weighted by Crippen LogP contribution is -2.46. The molecule has 0 aliphatic carbocycles. The summed E-state index contributed by atoms with van der Waals surface area (Å²) in [7, 11) is 1.87. The maximum atomic E-state index is 4.35. The standard InChI is InChI=1S/C18H37N5S.HI/c1-4-22-11-13-23(14-12-22)10-6-5-9-20-17(19-3)21-16-18(2)8-7-15-24-18;/h4-16H2,1-3H3,(H2,19,20,21);1H. The Morgan fingerprint density at radius 3 is 2.44 bits per heavy atom. The van der Waals surface area contributed by atoms with Crippen LogP contribution in [-0.2, 0) is 0 Å². The highest BCUT2D eigenvalue weighted by atomic mass is 127. The fourth-order valence-electron chi connectivity index (χ4n) is 3.46. The van der Waals surface area contributed by atoms with Gasteiger partial charge in [0.1, 0.15) is 0 Å². The highest BCUT2D eigenvalue weighted by Crippen LogP contribution is 2.36. The molecule has 0 aromatic carbocycles. The van der Waals surface area contributed by atoms with Gasteiger partial charge in [-0.1, -0.05) is 6.92 Å². The van der Waals surface area contributed by atoms with Gasteiger partial charge in [0.2, 0.25) is 0 Å². The molecule has 0 bridgehead atoms. The first kappa shape index (κ1) is 23.3. The van der Waals surface area contributed by atoms with E-state index in [1.54, 1.807) is 0 Å². The number of piperazine rings is 1. The second-order valence-electron chi connectivity index (χ2n) is 7.24. The van der Waals surface area contributed by atoms with Crippen LogP contribution in [0.4, 0.5) is 0 Å². The van der Waals surface area contributed by atoms with E-state index in [4.69, 9.17) is 0 Å². The average Bonchev–Trinajstić information content (AvgIpc) is 3.04. The zero-order valence-corrected chi connectivity index (χ0v) is 19.5. The van der Waals surface area contributed by atoms with E-state index in [-0.39, 0.29) is 24.0 Å². The number of guanidine groups is 1. The summed E-state index contributed by atoms with van der Waals surface area (Å²) in [6, 6.07) is 0. The fraction of sp³-hybridized carbons (Fsp3) is 0.944. The lowest BCUT2D eigenvalue weighted by atomic mass is 10.1. The number of likely N-dealkylation sites (N-methyl/N-ethyl adjacent to an activating group) is 1. The molecule has 0 radical (unpaired) electrons. The van der Waals surface area contributed by atoms with Crippen LogP contribution in [0.1, 0.15) is 39.5 Å². The van der Waals surface area contributed by atoms with E-state index in [2.05, 4.69) is 51.0 Å². The number of thioether (sulfide) groups is 1. The molecule has 7 heteroatoms. The van der Waals surface area contributed by atoms with Crippen LogP contribution in [0.15, 0.2) is 4.99 Å². The molecule has 0 spiro atoms. The van der Waals surface area contributed by atoms with Gasteiger partial charge in [0.05, 0.1) is 0 Å². The van der Waals surface area contributed by atoms with E-state index in [9.17, 15) is 0 Å². The number of hydrogen-bond acceptors (Lipinski definition) is 4. The number of nitrogens with one attached hydrogen (secondary N) is 2. The summed E-state index contributed by atoms with van der Waals surface area (Å²) in [6.07, 6.45) is 5.14. The van der Waals surface area contributed by atoms with Gasteiger partial charge in [-0.25, -0.2) is 0 Å². The number of unbranched alkanes of at least 4 members (excludes halogenated alkanes) is 1. The SMILES string of the molecule is CCN1CCN(CCCCNC(=NC)NCC2(C)CCCS2)CC1.I. The van der Waals surface area contributed by atoms with Gasteiger partial charge in [-0.05, 0) is 51.4 Å². The third kappa shape index (κ3) is 8.67. The van der Waals surface area contributed by atoms with Crippen molar-refractivity contribution in [3.8, 4) is 0 Å². The summed E-state index contributed by atoms with van der Waals surface area (Å²) in [5.41, 5.74) is 0. The third-order valence-corrected chi connectivity index (χ3v) is 6.80. The van der Waals surface area contributed by atoms with E-state index in [1.807, 2.05) is 7.05 Å². The van der Waals surface area contributed by atoms with Gasteiger partial charge in [0.15, 0.2) is 5.96 Å². The minimum Gasteiger partial charge on any atom is -0.356 e. The number of rotatable bonds is 8. The Bertz CT molecular complexity index is 380. The van der Waals surface area contributed by atoms with E-state index >= 15 is 0 Å². The summed E-state index contributed by atoms with van der Waals surface area (Å²) in [6.45, 7) is 14.0. The highest BCUT2D eigenvalue weighted by Gasteiger charge is 2.29. The second kappa shape index (κ2) is 12.6. The number of halogens is 1. The number of hydrogen-bond donors (Lipinski definition) is 2. The van der Waals surface area contributed by atoms with Crippen LogP contribution >= 0.6 is 35.7 Å². The summed E-state index contributed by atoms with van der Waals surface area (Å²) in [4.78, 5) is 9.50. The van der Waals surface area contributed by atoms with Crippen LogP contribution in [0.3, 0.4) is 0 Å². The van der Waals surface area contributed by atoms with Crippen LogP contribution < -0.4 is 10.6 Å². The Hall–Kier alpha value is 0.270. The van der Waals surface area contributed by atoms with E-state index in [1.165, 1.54) is 70.7 Å². The lowest BCUT2D eigenvalue weighted by Gasteiger charge is -2.34. The maximum Gasteiger partial charge on any atom is 0.191 e. The molecule has 0 aromatic heterocycles. The second-order valence-corrected chi connectivity index (χ2v) is 8.92. The van der Waals surface area contributed by atoms with Gasteiger partial charge >= 0.3 is 0 Å². The van der Waals surface area contributed by atoms with Crippen LogP contribution in [0.2, 0.25) is 0 Å². The maximum absolute atomic E-state index is 4.35. The molecule has 2 rings (SSSR count). The van der Waals surface area contributed by atoms with E-state index < -0.39 is 0 Å². The Morgan fingerprint density at radius 2 is 1.84 bits per heavy atom. The first-order valence-electron chi connectivity index (χ1n) is 9.68. The van der Waals surface area contributed by atoms with Gasteiger partial charge in [-0.3, -0.25) is 4.99 Å². The molecule has 2 saturated heterocycles. The molecule has 2 aliphatic rings. The van der Waals surface area contributed by atoms with Gasteiger partial charge in [0, 0.05) is 51.1 Å². The van der Waals surface area contributed by atoms with Gasteiger partial charge in [0.25, 0.3) is 0 Å². The lowest BCUT2D eigenvalue weighted by molar-refractivity contribution is 0.136. The molecule has 2 aliphatic heterocycles. The molecule has 0 saturated carbocycles. The molecule has 2 N–H and O–H groups in total. The summed E-state index contributed by atoms with van der Waals surface area (Å²) < 4.78 is 0.387. The Balaban J connectivity index is 0.00000312. The number of nitrogens with zero attached hydrogens (tertiary/aromatic N) is 3. The summed E-state index contributed by atoms with van der Waals surface area (Å²) in [5, 5.41) is 6.97. The van der Waals surface area contributed by atoms with Crippen LogP contribution in [0.25, 0.3) is 0 Å². The first-order chi connectivity index (χ1) is 11.6. The minimum absolute atomic E-state index is 0. The van der Waals surface area contributed by atoms with Crippen molar-refractivity contribution in [3.63, 3.8) is 0 Å². The molecule has 1 atom stereocenters. The van der Waals surface area contributed by atoms with Crippen LogP contribution in [-0.4, -0.2) is 85.7 Å². The molecular weight excluding hydrogens is 445 g/mol. The third-order valence-electron chi connectivity index (χ3n) is 5.26. The van der Waals surface area contributed by atoms with Gasteiger partial charge < -0.3 is 20.4 Å². The average molecular weight is 484 g/mol. The molecular formula is C18H38IN5S. The van der Waals surface area contributed by atoms with Crippen LogP contribution in [0.5, 0.6) is 0 Å². The van der Waals surface area contributed by atoms with Crippen molar-refractivity contribution >= 4 is 41.7 Å². The molecule has 2 fully saturated rings. The van der Waals surface area contributed by atoms with Crippen LogP contribution in [0, 0.1) is 0 Å². The zero-order valence-electron chi connectivity index (χ0n) is 16.4. The molecule has 25 heavy (non-hydrogen) atoms. The Kier molecular flexibility index (Phi) is 11.8. The number of aliphatic imine (C=N–C) groups is 1. The van der Waals surface area contributed by atoms with Crippen molar-refractivity contribution in [2.75, 3.05) is 65.2 Å². The van der Waals surface area contributed by atoms with Crippen molar-refractivity contribution in [3.05, 3.63) is 0 Å². The summed E-state index contributed by atoms with van der Waals surface area (Å²) in [5.74, 6) is 2.26. The van der Waals surface area contributed by atoms with Crippen molar-refractivity contribution in [1.29, 1.82) is 0 Å². The molecule has 0 amide bonds. The zero-order chi connectivity index (χ0) is 17.3. The van der Waals surface area contributed by atoms with Gasteiger partial charge in [-0.2, -0.15) is 11.8 Å². The molecule has 5 nitrogen and oxygen atoms in total. The monoisotopic (exact) mass is 483 g/mol. The van der Waals surface area contributed by atoms with Crippen molar-refractivity contribution in [1.82, 2.24) is 20.4 Å². The van der Waals surface area contributed by atoms with Crippen molar-refractivity contribution in [2.24, 2.45) is 4.99 Å². The van der Waals surface area contributed by atoms with E-state index in [0.717, 1.165) is 19.0 Å². The fourth-order valence-corrected chi connectivity index (χ4v) is 4.71. The summed E-state index contributed by atoms with van der Waals surface area (Å²) >= 11 is 2.09. The molecule has 0 aromatic rings. The smallest absolute Gasteiger partial charge is 0.191 e. The highest BCUT2D eigenvalue weighted by molar-refractivity contribution is 14.0. The minimum atomic E-state index is 0. The Labute approximate surface area is 176 Å². The first-order valence-corrected chi connectivity index (χ1v) is 10.7. The predicted molar refractivity (Wildman–Crippen MR) is 123 cm³/mol. The van der Waals surface area contributed by atoms with E-state index in [0.29, 0.717) is 4.75 Å². The molecule has 148 valence electrons. The largest absolute Gasteiger partial charge is 0.356 e. The van der Waals surface area contributed by atoms with Crippen molar-refractivity contribution < 1.29 is 0 Å². The molecule has 2 heterocycles.